The molecule has 1 aliphatic heterocycles. The molecule has 172 valence electrons. The molecule has 1 fully saturated rings. The molecular weight excluding hydrogens is 483 g/mol. The van der Waals surface area contributed by atoms with Crippen molar-refractivity contribution in [2.24, 2.45) is 0 Å². The second-order valence-corrected chi connectivity index (χ2v) is 11.7. The van der Waals surface area contributed by atoms with E-state index in [1.54, 1.807) is 28.4 Å². The van der Waals surface area contributed by atoms with E-state index in [-0.39, 0.29) is 35.2 Å². The largest absolute Gasteiger partial charge is 0.330 e. The fourth-order valence-electron chi connectivity index (χ4n) is 4.33. The minimum absolute atomic E-state index is 0.125. The van der Waals surface area contributed by atoms with Gasteiger partial charge in [0.1, 0.15) is 5.82 Å². The average molecular weight is 505 g/mol. The van der Waals surface area contributed by atoms with Crippen molar-refractivity contribution < 1.29 is 17.6 Å². The number of sulfonamides is 1. The van der Waals surface area contributed by atoms with Gasteiger partial charge >= 0.3 is 0 Å². The van der Waals surface area contributed by atoms with Gasteiger partial charge in [-0.15, -0.1) is 11.3 Å². The number of rotatable bonds is 6. The highest BCUT2D eigenvalue weighted by Gasteiger charge is 2.41. The summed E-state index contributed by atoms with van der Waals surface area (Å²) < 4.78 is 41.6. The van der Waals surface area contributed by atoms with Crippen LogP contribution in [0, 0.1) is 5.82 Å². The van der Waals surface area contributed by atoms with E-state index < -0.39 is 10.0 Å². The molecule has 1 atom stereocenters. The molecule has 5 rings (SSSR count). The monoisotopic (exact) mass is 504 g/mol. The highest BCUT2D eigenvalue weighted by Crippen LogP contribution is 2.39. The van der Waals surface area contributed by atoms with Gasteiger partial charge in [-0.25, -0.2) is 12.8 Å². The van der Waals surface area contributed by atoms with Crippen LogP contribution in [0.25, 0.3) is 0 Å². The maximum atomic E-state index is 13.6. The highest BCUT2D eigenvalue weighted by molar-refractivity contribution is 7.89. The predicted octanol–water partition coefficient (Wildman–Crippen LogP) is 4.87. The lowest BCUT2D eigenvalue weighted by Gasteiger charge is -2.37. The Balaban J connectivity index is 1.46. The zero-order valence-electron chi connectivity index (χ0n) is 17.7. The molecule has 2 aliphatic rings. The summed E-state index contributed by atoms with van der Waals surface area (Å²) >= 11 is 7.57. The third-order valence-electron chi connectivity index (χ3n) is 6.14. The van der Waals surface area contributed by atoms with Crippen molar-refractivity contribution >= 4 is 38.9 Å². The summed E-state index contributed by atoms with van der Waals surface area (Å²) in [6.45, 7) is 0.251. The van der Waals surface area contributed by atoms with Crippen LogP contribution in [-0.4, -0.2) is 42.7 Å². The van der Waals surface area contributed by atoms with Crippen LogP contribution in [-0.2, 0) is 21.2 Å². The van der Waals surface area contributed by atoms with Crippen molar-refractivity contribution in [2.75, 3.05) is 13.1 Å². The lowest BCUT2D eigenvalue weighted by atomic mass is 9.93. The Morgan fingerprint density at radius 1 is 1.09 bits per heavy atom. The molecule has 2 aromatic carbocycles. The van der Waals surface area contributed by atoms with Crippen LogP contribution in [0.1, 0.15) is 34.9 Å². The summed E-state index contributed by atoms with van der Waals surface area (Å²) in [6, 6.07) is 13.6. The maximum absolute atomic E-state index is 13.6. The summed E-state index contributed by atoms with van der Waals surface area (Å²) in [5, 5.41) is 2.45. The van der Waals surface area contributed by atoms with Gasteiger partial charge in [0.2, 0.25) is 15.9 Å². The molecule has 0 saturated heterocycles. The first-order valence-electron chi connectivity index (χ1n) is 10.7. The fraction of sp³-hybridized carbons (Fsp3) is 0.292. The molecule has 1 aromatic heterocycles. The Kier molecular flexibility index (Phi) is 6.03. The number of hydrogen-bond donors (Lipinski definition) is 0. The normalized spacial score (nSPS) is 18.4. The van der Waals surface area contributed by atoms with Crippen molar-refractivity contribution in [3.05, 3.63) is 86.8 Å². The Hall–Kier alpha value is -2.26. The molecule has 0 radical (unpaired) electrons. The number of fused-ring (bicyclic) bond motifs is 1. The standard InChI is InChI=1S/C24H22ClFN2O3S2/c25-17-3-9-20(10-4-17)33(30,31)28(19-7-8-19)15-23(29)27-13-11-22-21(12-14-32-22)24(27)16-1-5-18(26)6-2-16/h1-6,9-10,12,14,19,24H,7-8,11,13,15H2/t24-/m0/s1. The zero-order valence-corrected chi connectivity index (χ0v) is 20.0. The van der Waals surface area contributed by atoms with Gasteiger partial charge in [0.05, 0.1) is 17.5 Å². The maximum Gasteiger partial charge on any atom is 0.243 e. The zero-order chi connectivity index (χ0) is 23.2. The molecule has 5 nitrogen and oxygen atoms in total. The van der Waals surface area contributed by atoms with Crippen molar-refractivity contribution in [1.82, 2.24) is 9.21 Å². The second-order valence-electron chi connectivity index (χ2n) is 8.33. The molecule has 1 amide bonds. The Labute approximate surface area is 201 Å². The number of hydrogen-bond acceptors (Lipinski definition) is 4. The third-order valence-corrected chi connectivity index (χ3v) is 9.30. The molecule has 33 heavy (non-hydrogen) atoms. The number of halogens is 2. The van der Waals surface area contributed by atoms with Gasteiger partial charge in [-0.05, 0) is 78.2 Å². The van der Waals surface area contributed by atoms with E-state index in [9.17, 15) is 17.6 Å². The Morgan fingerprint density at radius 3 is 2.45 bits per heavy atom. The molecule has 1 saturated carbocycles. The molecule has 0 spiro atoms. The minimum atomic E-state index is -3.85. The number of amides is 1. The molecular formula is C24H22ClFN2O3S2. The summed E-state index contributed by atoms with van der Waals surface area (Å²) in [5.74, 6) is -0.599. The minimum Gasteiger partial charge on any atom is -0.330 e. The number of thiophene rings is 1. The van der Waals surface area contributed by atoms with Crippen LogP contribution in [0.2, 0.25) is 5.02 Å². The molecule has 0 unspecified atom stereocenters. The van der Waals surface area contributed by atoms with E-state index in [4.69, 9.17) is 11.6 Å². The molecule has 2 heterocycles. The summed E-state index contributed by atoms with van der Waals surface area (Å²) in [6.07, 6.45) is 2.18. The predicted molar refractivity (Wildman–Crippen MR) is 126 cm³/mol. The molecule has 1 aliphatic carbocycles. The topological polar surface area (TPSA) is 57.7 Å². The van der Waals surface area contributed by atoms with Gasteiger partial charge < -0.3 is 4.90 Å². The van der Waals surface area contributed by atoms with Crippen LogP contribution in [0.15, 0.2) is 64.9 Å². The smallest absolute Gasteiger partial charge is 0.243 e. The Morgan fingerprint density at radius 2 is 1.79 bits per heavy atom. The summed E-state index contributed by atoms with van der Waals surface area (Å²) in [4.78, 5) is 16.6. The Bertz CT molecular complexity index is 1270. The van der Waals surface area contributed by atoms with E-state index in [0.29, 0.717) is 18.0 Å². The van der Waals surface area contributed by atoms with Gasteiger partial charge in [0.15, 0.2) is 0 Å². The van der Waals surface area contributed by atoms with Gasteiger partial charge in [-0.2, -0.15) is 4.31 Å². The highest BCUT2D eigenvalue weighted by atomic mass is 35.5. The van der Waals surface area contributed by atoms with Crippen molar-refractivity contribution in [2.45, 2.75) is 36.2 Å². The first-order valence-corrected chi connectivity index (χ1v) is 13.4. The van der Waals surface area contributed by atoms with Crippen molar-refractivity contribution in [1.29, 1.82) is 0 Å². The SMILES string of the molecule is O=C(CN(C1CC1)S(=O)(=O)c1ccc(Cl)cc1)N1CCc2sccc2[C@@H]1c1ccc(F)cc1. The van der Waals surface area contributed by atoms with Crippen molar-refractivity contribution in [3.8, 4) is 0 Å². The van der Waals surface area contributed by atoms with Crippen LogP contribution in [0.5, 0.6) is 0 Å². The van der Waals surface area contributed by atoms with Crippen LogP contribution >= 0.6 is 22.9 Å². The van der Waals surface area contributed by atoms with Crippen LogP contribution < -0.4 is 0 Å². The number of benzene rings is 2. The number of carbonyl (C=O) groups excluding carboxylic acids is 1. The van der Waals surface area contributed by atoms with Gasteiger partial charge in [0.25, 0.3) is 0 Å². The van der Waals surface area contributed by atoms with Gasteiger partial charge in [0, 0.05) is 22.5 Å². The first-order chi connectivity index (χ1) is 15.8. The van der Waals surface area contributed by atoms with E-state index in [1.807, 2.05) is 11.4 Å². The quantitative estimate of drug-likeness (QED) is 0.481. The van der Waals surface area contributed by atoms with E-state index >= 15 is 0 Å². The van der Waals surface area contributed by atoms with Gasteiger partial charge in [-0.1, -0.05) is 23.7 Å². The van der Waals surface area contributed by atoms with E-state index in [1.165, 1.54) is 45.6 Å². The first kappa shape index (κ1) is 22.5. The molecule has 3 aromatic rings. The lowest BCUT2D eigenvalue weighted by molar-refractivity contribution is -0.133. The third kappa shape index (κ3) is 4.45. The van der Waals surface area contributed by atoms with Gasteiger partial charge in [-0.3, -0.25) is 4.79 Å². The van der Waals surface area contributed by atoms with Crippen molar-refractivity contribution in [3.63, 3.8) is 0 Å². The van der Waals surface area contributed by atoms with E-state index in [0.717, 1.165) is 24.0 Å². The lowest BCUT2D eigenvalue weighted by Crippen LogP contribution is -2.47. The summed E-state index contributed by atoms with van der Waals surface area (Å²) in [5.41, 5.74) is 1.83. The van der Waals surface area contributed by atoms with Crippen LogP contribution in [0.4, 0.5) is 4.39 Å². The average Bonchev–Trinajstić information content (AvgIpc) is 3.53. The molecule has 0 N–H and O–H groups in total. The fourth-order valence-corrected chi connectivity index (χ4v) is 6.99. The molecule has 9 heteroatoms. The number of nitrogens with zero attached hydrogens (tertiary/aromatic N) is 2. The number of carbonyl (C=O) groups is 1. The van der Waals surface area contributed by atoms with Crippen LogP contribution in [0.3, 0.4) is 0 Å². The summed E-state index contributed by atoms with van der Waals surface area (Å²) in [7, 11) is -3.85. The molecule has 0 bridgehead atoms. The van der Waals surface area contributed by atoms with E-state index in [2.05, 4.69) is 0 Å². The second kappa shape index (κ2) is 8.83.